The Morgan fingerprint density at radius 1 is 1.53 bits per heavy atom. The molecule has 84 valence electrons. The van der Waals surface area contributed by atoms with Crippen LogP contribution in [0.1, 0.15) is 30.4 Å². The highest BCUT2D eigenvalue weighted by molar-refractivity contribution is 7.18. The van der Waals surface area contributed by atoms with Crippen LogP contribution in [-0.4, -0.2) is 16.8 Å². The molecule has 2 nitrogen and oxygen atoms in total. The Hall–Kier alpha value is -0.250. The molecule has 0 bridgehead atoms. The van der Waals surface area contributed by atoms with Gasteiger partial charge in [0.1, 0.15) is 0 Å². The Morgan fingerprint density at radius 2 is 2.13 bits per heavy atom. The molecule has 1 atom stereocenters. The number of hydrogen-bond acceptors (Lipinski definition) is 2. The average Bonchev–Trinajstić information content (AvgIpc) is 2.50. The number of nitrogens with one attached hydrogen (secondary N) is 1. The van der Waals surface area contributed by atoms with Crippen molar-refractivity contribution in [3.05, 3.63) is 21.3 Å². The van der Waals surface area contributed by atoms with E-state index < -0.39 is 5.54 Å². The first kappa shape index (κ1) is 12.8. The average molecular weight is 266 g/mol. The normalized spacial score (nSPS) is 13.7. The summed E-state index contributed by atoms with van der Waals surface area (Å²) < 4.78 is 0.608. The van der Waals surface area contributed by atoms with E-state index >= 15 is 0 Å². The number of carbonyl (C=O) groups excluding carboxylic acids is 1. The summed E-state index contributed by atoms with van der Waals surface area (Å²) in [5.74, 6) is -0.135. The lowest BCUT2D eigenvalue weighted by molar-refractivity contribution is 0.0916. The quantitative estimate of drug-likeness (QED) is 0.833. The SMILES string of the molecule is CC(Cl)C(C)(C)NC(=O)c1ccc(Cl)s1. The standard InChI is InChI=1S/C10H13Cl2NOS/c1-6(11)10(2,3)13-9(14)7-4-5-8(12)15-7/h4-6H,1-3H3,(H,13,14). The number of rotatable bonds is 3. The van der Waals surface area contributed by atoms with Crippen LogP contribution in [-0.2, 0) is 0 Å². The molecule has 0 aliphatic heterocycles. The van der Waals surface area contributed by atoms with Crippen molar-refractivity contribution in [1.82, 2.24) is 5.32 Å². The molecular weight excluding hydrogens is 253 g/mol. The third-order valence-electron chi connectivity index (χ3n) is 2.23. The van der Waals surface area contributed by atoms with Gasteiger partial charge in [0.2, 0.25) is 0 Å². The van der Waals surface area contributed by atoms with E-state index in [2.05, 4.69) is 5.32 Å². The molecule has 1 heterocycles. The van der Waals surface area contributed by atoms with Gasteiger partial charge in [0.05, 0.1) is 20.1 Å². The molecule has 15 heavy (non-hydrogen) atoms. The molecular formula is C10H13Cl2NOS. The summed E-state index contributed by atoms with van der Waals surface area (Å²) in [5, 5.41) is 2.72. The van der Waals surface area contributed by atoms with Crippen LogP contribution in [0, 0.1) is 0 Å². The van der Waals surface area contributed by atoms with Gasteiger partial charge in [0.15, 0.2) is 0 Å². The molecule has 0 saturated heterocycles. The maximum Gasteiger partial charge on any atom is 0.261 e. The fraction of sp³-hybridized carbons (Fsp3) is 0.500. The van der Waals surface area contributed by atoms with Gasteiger partial charge in [-0.2, -0.15) is 0 Å². The van der Waals surface area contributed by atoms with Crippen molar-refractivity contribution in [3.63, 3.8) is 0 Å². The van der Waals surface area contributed by atoms with Gasteiger partial charge in [-0.05, 0) is 32.9 Å². The summed E-state index contributed by atoms with van der Waals surface area (Å²) in [4.78, 5) is 12.4. The van der Waals surface area contributed by atoms with Crippen molar-refractivity contribution in [2.75, 3.05) is 0 Å². The summed E-state index contributed by atoms with van der Waals surface area (Å²) in [6, 6.07) is 3.41. The minimum Gasteiger partial charge on any atom is -0.345 e. The molecule has 0 radical (unpaired) electrons. The molecule has 1 rings (SSSR count). The Labute approximate surface area is 104 Å². The molecule has 0 spiro atoms. The van der Waals surface area contributed by atoms with E-state index in [-0.39, 0.29) is 11.3 Å². The smallest absolute Gasteiger partial charge is 0.261 e. The third kappa shape index (κ3) is 3.37. The van der Waals surface area contributed by atoms with Gasteiger partial charge in [0.25, 0.3) is 5.91 Å². The van der Waals surface area contributed by atoms with Crippen LogP contribution in [0.15, 0.2) is 12.1 Å². The second kappa shape index (κ2) is 4.73. The molecule has 0 aliphatic rings. The topological polar surface area (TPSA) is 29.1 Å². The van der Waals surface area contributed by atoms with Crippen LogP contribution >= 0.6 is 34.5 Å². The lowest BCUT2D eigenvalue weighted by atomic mass is 10.0. The number of hydrogen-bond donors (Lipinski definition) is 1. The second-order valence-electron chi connectivity index (χ2n) is 3.90. The Bertz CT molecular complexity index is 360. The Morgan fingerprint density at radius 3 is 2.53 bits per heavy atom. The fourth-order valence-electron chi connectivity index (χ4n) is 0.890. The van der Waals surface area contributed by atoms with E-state index in [0.717, 1.165) is 0 Å². The first-order valence-corrected chi connectivity index (χ1v) is 6.18. The summed E-state index contributed by atoms with van der Waals surface area (Å²) in [5.41, 5.74) is -0.435. The molecule has 5 heteroatoms. The molecule has 0 fully saturated rings. The second-order valence-corrected chi connectivity index (χ2v) is 6.27. The summed E-state index contributed by atoms with van der Waals surface area (Å²) in [6.45, 7) is 5.62. The molecule has 1 amide bonds. The molecule has 0 aromatic carbocycles. The number of amides is 1. The van der Waals surface area contributed by atoms with Crippen molar-refractivity contribution in [2.24, 2.45) is 0 Å². The van der Waals surface area contributed by atoms with Crippen LogP contribution in [0.25, 0.3) is 0 Å². The highest BCUT2D eigenvalue weighted by atomic mass is 35.5. The van der Waals surface area contributed by atoms with Crippen LogP contribution < -0.4 is 5.32 Å². The maximum absolute atomic E-state index is 11.8. The zero-order valence-corrected chi connectivity index (χ0v) is 11.1. The van der Waals surface area contributed by atoms with Gasteiger partial charge >= 0.3 is 0 Å². The largest absolute Gasteiger partial charge is 0.345 e. The first-order chi connectivity index (χ1) is 6.83. The number of halogens is 2. The van der Waals surface area contributed by atoms with Gasteiger partial charge in [-0.15, -0.1) is 22.9 Å². The number of alkyl halides is 1. The van der Waals surface area contributed by atoms with E-state index in [9.17, 15) is 4.79 Å². The molecule has 1 unspecified atom stereocenters. The van der Waals surface area contributed by atoms with Crippen LogP contribution in [0.2, 0.25) is 4.34 Å². The summed E-state index contributed by atoms with van der Waals surface area (Å²) in [7, 11) is 0. The molecule has 1 aromatic rings. The van der Waals surface area contributed by atoms with Crippen molar-refractivity contribution in [1.29, 1.82) is 0 Å². The van der Waals surface area contributed by atoms with E-state index in [4.69, 9.17) is 23.2 Å². The van der Waals surface area contributed by atoms with Crippen molar-refractivity contribution >= 4 is 40.4 Å². The zero-order valence-electron chi connectivity index (χ0n) is 8.80. The van der Waals surface area contributed by atoms with Crippen LogP contribution in [0.5, 0.6) is 0 Å². The fourth-order valence-corrected chi connectivity index (χ4v) is 1.88. The Balaban J connectivity index is 2.72. The number of thiophene rings is 1. The first-order valence-electron chi connectivity index (χ1n) is 4.55. The van der Waals surface area contributed by atoms with Crippen molar-refractivity contribution < 1.29 is 4.79 Å². The van der Waals surface area contributed by atoms with Crippen LogP contribution in [0.3, 0.4) is 0 Å². The van der Waals surface area contributed by atoms with Gasteiger partial charge in [-0.1, -0.05) is 11.6 Å². The monoisotopic (exact) mass is 265 g/mol. The summed E-state index contributed by atoms with van der Waals surface area (Å²) in [6.07, 6.45) is 0. The number of carbonyl (C=O) groups is 1. The summed E-state index contributed by atoms with van der Waals surface area (Å²) >= 11 is 13.0. The lowest BCUT2D eigenvalue weighted by Gasteiger charge is -2.28. The third-order valence-corrected chi connectivity index (χ3v) is 4.00. The predicted octanol–water partition coefficient (Wildman–Crippen LogP) is 3.54. The minimum absolute atomic E-state index is 0.135. The van der Waals surface area contributed by atoms with Crippen LogP contribution in [0.4, 0.5) is 0 Å². The Kier molecular flexibility index (Phi) is 4.04. The van der Waals surface area contributed by atoms with E-state index in [1.165, 1.54) is 11.3 Å². The van der Waals surface area contributed by atoms with E-state index in [1.807, 2.05) is 20.8 Å². The molecule has 1 N–H and O–H groups in total. The minimum atomic E-state index is -0.435. The van der Waals surface area contributed by atoms with Crippen molar-refractivity contribution in [3.8, 4) is 0 Å². The van der Waals surface area contributed by atoms with E-state index in [0.29, 0.717) is 9.21 Å². The molecule has 0 saturated carbocycles. The van der Waals surface area contributed by atoms with Gasteiger partial charge in [-0.3, -0.25) is 4.79 Å². The highest BCUT2D eigenvalue weighted by Crippen LogP contribution is 2.22. The van der Waals surface area contributed by atoms with E-state index in [1.54, 1.807) is 12.1 Å². The lowest BCUT2D eigenvalue weighted by Crippen LogP contribution is -2.48. The molecule has 1 aromatic heterocycles. The predicted molar refractivity (Wildman–Crippen MR) is 66.2 cm³/mol. The zero-order chi connectivity index (χ0) is 11.6. The van der Waals surface area contributed by atoms with Gasteiger partial charge < -0.3 is 5.32 Å². The van der Waals surface area contributed by atoms with Gasteiger partial charge in [-0.25, -0.2) is 0 Å². The maximum atomic E-state index is 11.8. The molecule has 0 aliphatic carbocycles. The van der Waals surface area contributed by atoms with Gasteiger partial charge in [0, 0.05) is 0 Å². The highest BCUT2D eigenvalue weighted by Gasteiger charge is 2.26. The van der Waals surface area contributed by atoms with Crippen molar-refractivity contribution in [2.45, 2.75) is 31.7 Å².